The van der Waals surface area contributed by atoms with Gasteiger partial charge in [-0.2, -0.15) is 0 Å². The van der Waals surface area contributed by atoms with Crippen LogP contribution in [0.2, 0.25) is 15.6 Å². The third-order valence-corrected chi connectivity index (χ3v) is 3.61. The topological polar surface area (TPSA) is 25.8 Å². The summed E-state index contributed by atoms with van der Waals surface area (Å²) >= 11 is 18.9. The molecule has 2 nitrogen and oxygen atoms in total. The summed E-state index contributed by atoms with van der Waals surface area (Å²) in [6.07, 6.45) is 2.25. The van der Waals surface area contributed by atoms with Crippen molar-refractivity contribution in [2.24, 2.45) is 0 Å². The van der Waals surface area contributed by atoms with Crippen LogP contribution in [0.25, 0.3) is 0 Å². The Morgan fingerprint density at radius 2 is 1.71 bits per heavy atom. The number of rotatable bonds is 4. The van der Waals surface area contributed by atoms with Gasteiger partial charge in [-0.1, -0.05) is 36.5 Å². The van der Waals surface area contributed by atoms with Crippen molar-refractivity contribution in [1.82, 2.24) is 9.97 Å². The fourth-order valence-electron chi connectivity index (χ4n) is 0.811. The molecule has 0 aromatic carbocycles. The van der Waals surface area contributed by atoms with Crippen LogP contribution in [0.5, 0.6) is 0 Å². The summed E-state index contributed by atoms with van der Waals surface area (Å²) in [4.78, 5) is 8.37. The fourth-order valence-corrected chi connectivity index (χ4v) is 2.75. The summed E-state index contributed by atoms with van der Waals surface area (Å²) < 4.78 is 0. The molecule has 0 N–H and O–H groups in total. The third-order valence-electron chi connectivity index (χ3n) is 1.50. The SMILES string of the molecule is CCCCSc1c(Cl)nc(Cl)nc1Cl. The molecule has 6 heteroatoms. The molecule has 78 valence electrons. The lowest BCUT2D eigenvalue weighted by molar-refractivity contribution is 0.895. The minimum atomic E-state index is 0.0832. The average Bonchev–Trinajstić information content (AvgIpc) is 2.09. The number of aromatic nitrogens is 2. The first-order valence-electron chi connectivity index (χ1n) is 4.16. The maximum absolute atomic E-state index is 5.87. The Labute approximate surface area is 102 Å². The molecule has 0 unspecified atom stereocenters. The lowest BCUT2D eigenvalue weighted by Gasteiger charge is -2.04. The summed E-state index contributed by atoms with van der Waals surface area (Å²) in [5.74, 6) is 0.959. The van der Waals surface area contributed by atoms with Gasteiger partial charge in [-0.25, -0.2) is 9.97 Å². The number of unbranched alkanes of at least 4 members (excludes halogenated alkanes) is 1. The smallest absolute Gasteiger partial charge is 0.205 e. The Bertz CT molecular complexity index is 296. The van der Waals surface area contributed by atoms with Gasteiger partial charge >= 0.3 is 0 Å². The van der Waals surface area contributed by atoms with E-state index in [1.807, 2.05) is 0 Å². The zero-order chi connectivity index (χ0) is 10.6. The van der Waals surface area contributed by atoms with Crippen LogP contribution in [0, 0.1) is 0 Å². The highest BCUT2D eigenvalue weighted by atomic mass is 35.5. The highest BCUT2D eigenvalue weighted by Crippen LogP contribution is 2.32. The molecule has 0 aliphatic heterocycles. The number of hydrogen-bond donors (Lipinski definition) is 0. The number of nitrogens with zero attached hydrogens (tertiary/aromatic N) is 2. The highest BCUT2D eigenvalue weighted by Gasteiger charge is 2.10. The molecule has 1 rings (SSSR count). The van der Waals surface area contributed by atoms with Gasteiger partial charge in [0.1, 0.15) is 10.3 Å². The van der Waals surface area contributed by atoms with Crippen LogP contribution in [0.3, 0.4) is 0 Å². The molecule has 0 radical (unpaired) electrons. The van der Waals surface area contributed by atoms with Gasteiger partial charge in [-0.15, -0.1) is 11.8 Å². The first kappa shape index (κ1) is 12.4. The summed E-state index contributed by atoms with van der Waals surface area (Å²) in [6.45, 7) is 2.13. The Morgan fingerprint density at radius 3 is 2.21 bits per heavy atom. The van der Waals surface area contributed by atoms with E-state index in [0.29, 0.717) is 15.2 Å². The van der Waals surface area contributed by atoms with Crippen molar-refractivity contribution in [3.8, 4) is 0 Å². The molecule has 0 aliphatic carbocycles. The zero-order valence-corrected chi connectivity index (χ0v) is 10.6. The van der Waals surface area contributed by atoms with Crippen LogP contribution >= 0.6 is 46.6 Å². The van der Waals surface area contributed by atoms with Crippen molar-refractivity contribution in [1.29, 1.82) is 0 Å². The van der Waals surface area contributed by atoms with Crippen molar-refractivity contribution >= 4 is 46.6 Å². The molecule has 0 saturated heterocycles. The van der Waals surface area contributed by atoms with Gasteiger partial charge in [-0.05, 0) is 23.8 Å². The van der Waals surface area contributed by atoms with Crippen LogP contribution in [0.1, 0.15) is 19.8 Å². The Hall–Kier alpha value is 0.300. The van der Waals surface area contributed by atoms with E-state index < -0.39 is 0 Å². The molecular weight excluding hydrogens is 263 g/mol. The lowest BCUT2D eigenvalue weighted by atomic mass is 10.4. The highest BCUT2D eigenvalue weighted by molar-refractivity contribution is 7.99. The van der Waals surface area contributed by atoms with E-state index in [1.54, 1.807) is 11.8 Å². The molecule has 0 spiro atoms. The second-order valence-electron chi connectivity index (χ2n) is 2.61. The molecule has 0 saturated carbocycles. The Balaban J connectivity index is 2.75. The second kappa shape index (κ2) is 6.01. The molecule has 1 aromatic rings. The van der Waals surface area contributed by atoms with Crippen LogP contribution in [-0.2, 0) is 0 Å². The molecular formula is C8H9Cl3N2S. The lowest BCUT2D eigenvalue weighted by Crippen LogP contribution is -1.89. The zero-order valence-electron chi connectivity index (χ0n) is 7.56. The minimum Gasteiger partial charge on any atom is -0.205 e. The second-order valence-corrected chi connectivity index (χ2v) is 4.76. The molecule has 0 fully saturated rings. The van der Waals surface area contributed by atoms with E-state index >= 15 is 0 Å². The molecule has 0 bridgehead atoms. The first-order valence-corrected chi connectivity index (χ1v) is 6.28. The summed E-state index contributed by atoms with van der Waals surface area (Å²) in [6, 6.07) is 0. The van der Waals surface area contributed by atoms with Gasteiger partial charge in [0.15, 0.2) is 0 Å². The quantitative estimate of drug-likeness (QED) is 0.353. The number of thioether (sulfide) groups is 1. The van der Waals surface area contributed by atoms with Gasteiger partial charge in [0.25, 0.3) is 0 Å². The van der Waals surface area contributed by atoms with Crippen molar-refractivity contribution in [3.05, 3.63) is 15.6 Å². The molecule has 1 heterocycles. The van der Waals surface area contributed by atoms with E-state index in [0.717, 1.165) is 18.6 Å². The van der Waals surface area contributed by atoms with E-state index in [-0.39, 0.29) is 5.28 Å². The van der Waals surface area contributed by atoms with Crippen LogP contribution in [0.4, 0.5) is 0 Å². The molecule has 0 amide bonds. The van der Waals surface area contributed by atoms with E-state index in [2.05, 4.69) is 16.9 Å². The van der Waals surface area contributed by atoms with Gasteiger partial charge in [0.2, 0.25) is 5.28 Å². The number of hydrogen-bond acceptors (Lipinski definition) is 3. The number of halogens is 3. The van der Waals surface area contributed by atoms with Gasteiger partial charge < -0.3 is 0 Å². The standard InChI is InChI=1S/C8H9Cl3N2S/c1-2-3-4-14-5-6(9)12-8(11)13-7(5)10/h2-4H2,1H3. The summed E-state index contributed by atoms with van der Waals surface area (Å²) in [5.41, 5.74) is 0. The largest absolute Gasteiger partial charge is 0.225 e. The van der Waals surface area contributed by atoms with E-state index in [1.165, 1.54) is 0 Å². The molecule has 1 aromatic heterocycles. The Morgan fingerprint density at radius 1 is 1.14 bits per heavy atom. The van der Waals surface area contributed by atoms with E-state index in [4.69, 9.17) is 34.8 Å². The van der Waals surface area contributed by atoms with Crippen molar-refractivity contribution in [3.63, 3.8) is 0 Å². The third kappa shape index (κ3) is 3.46. The predicted octanol–water partition coefficient (Wildman–Crippen LogP) is 4.33. The summed E-state index contributed by atoms with van der Waals surface area (Å²) in [7, 11) is 0. The van der Waals surface area contributed by atoms with Crippen LogP contribution in [0.15, 0.2) is 4.90 Å². The maximum atomic E-state index is 5.87. The monoisotopic (exact) mass is 270 g/mol. The maximum Gasteiger partial charge on any atom is 0.225 e. The van der Waals surface area contributed by atoms with Crippen LogP contribution < -0.4 is 0 Å². The summed E-state index contributed by atoms with van der Waals surface area (Å²) in [5, 5.41) is 0.743. The molecule has 0 atom stereocenters. The first-order chi connectivity index (χ1) is 6.65. The van der Waals surface area contributed by atoms with E-state index in [9.17, 15) is 0 Å². The van der Waals surface area contributed by atoms with Crippen LogP contribution in [-0.4, -0.2) is 15.7 Å². The van der Waals surface area contributed by atoms with Crippen molar-refractivity contribution < 1.29 is 0 Å². The minimum absolute atomic E-state index is 0.0832. The average molecular weight is 272 g/mol. The van der Waals surface area contributed by atoms with Gasteiger partial charge in [0.05, 0.1) is 4.90 Å². The van der Waals surface area contributed by atoms with Gasteiger partial charge in [-0.3, -0.25) is 0 Å². The molecule has 14 heavy (non-hydrogen) atoms. The predicted molar refractivity (Wildman–Crippen MR) is 62.7 cm³/mol. The van der Waals surface area contributed by atoms with Gasteiger partial charge in [0, 0.05) is 0 Å². The van der Waals surface area contributed by atoms with Crippen molar-refractivity contribution in [2.45, 2.75) is 24.7 Å². The fraction of sp³-hybridized carbons (Fsp3) is 0.500. The normalized spacial score (nSPS) is 10.6. The molecule has 0 aliphatic rings. The Kier molecular flexibility index (Phi) is 5.31. The van der Waals surface area contributed by atoms with Crippen molar-refractivity contribution in [2.75, 3.05) is 5.75 Å².